The predicted molar refractivity (Wildman–Crippen MR) is 80.2 cm³/mol. The molecule has 0 spiro atoms. The summed E-state index contributed by atoms with van der Waals surface area (Å²) in [5.41, 5.74) is 0.475. The standard InChI is InChI=1S/C16H16F2N4/c1-22(2)14(16-12(17)4-3-5-13(16)18)10-21-15-7-6-11(8-19)9-20-15/h3-7,9,14H,10H2,1-2H3,(H,20,21). The molecule has 114 valence electrons. The Morgan fingerprint density at radius 3 is 2.41 bits per heavy atom. The third kappa shape index (κ3) is 3.57. The van der Waals surface area contributed by atoms with Crippen molar-refractivity contribution < 1.29 is 8.78 Å². The third-order valence-electron chi connectivity index (χ3n) is 3.33. The highest BCUT2D eigenvalue weighted by Crippen LogP contribution is 2.24. The number of rotatable bonds is 5. The van der Waals surface area contributed by atoms with Gasteiger partial charge in [-0.3, -0.25) is 0 Å². The minimum absolute atomic E-state index is 0.0219. The number of pyridine rings is 1. The molecule has 0 saturated carbocycles. The normalized spacial score (nSPS) is 12.0. The fourth-order valence-corrected chi connectivity index (χ4v) is 2.14. The van der Waals surface area contributed by atoms with Gasteiger partial charge < -0.3 is 10.2 Å². The van der Waals surface area contributed by atoms with Crippen molar-refractivity contribution in [2.24, 2.45) is 0 Å². The van der Waals surface area contributed by atoms with E-state index in [0.29, 0.717) is 11.4 Å². The number of hydrogen-bond donors (Lipinski definition) is 1. The molecule has 4 nitrogen and oxygen atoms in total. The first-order chi connectivity index (χ1) is 10.5. The highest BCUT2D eigenvalue weighted by molar-refractivity contribution is 5.39. The first kappa shape index (κ1) is 15.9. The Balaban J connectivity index is 2.17. The smallest absolute Gasteiger partial charge is 0.130 e. The summed E-state index contributed by atoms with van der Waals surface area (Å²) in [6.07, 6.45) is 1.44. The lowest BCUT2D eigenvalue weighted by molar-refractivity contribution is 0.295. The predicted octanol–water partition coefficient (Wildman–Crippen LogP) is 2.95. The van der Waals surface area contributed by atoms with Gasteiger partial charge in [-0.2, -0.15) is 5.26 Å². The molecule has 0 saturated heterocycles. The number of hydrogen-bond acceptors (Lipinski definition) is 4. The van der Waals surface area contributed by atoms with Crippen molar-refractivity contribution in [3.05, 3.63) is 59.3 Å². The Labute approximate surface area is 128 Å². The van der Waals surface area contributed by atoms with Crippen molar-refractivity contribution in [1.82, 2.24) is 9.88 Å². The maximum absolute atomic E-state index is 13.9. The number of nitrogens with zero attached hydrogens (tertiary/aromatic N) is 3. The van der Waals surface area contributed by atoms with Crippen LogP contribution in [0.3, 0.4) is 0 Å². The van der Waals surface area contributed by atoms with Crippen molar-refractivity contribution in [3.8, 4) is 6.07 Å². The van der Waals surface area contributed by atoms with Gasteiger partial charge in [-0.25, -0.2) is 13.8 Å². The lowest BCUT2D eigenvalue weighted by Crippen LogP contribution is -2.28. The first-order valence-electron chi connectivity index (χ1n) is 6.73. The van der Waals surface area contributed by atoms with E-state index in [-0.39, 0.29) is 12.1 Å². The van der Waals surface area contributed by atoms with Gasteiger partial charge in [0.15, 0.2) is 0 Å². The van der Waals surface area contributed by atoms with Crippen LogP contribution < -0.4 is 5.32 Å². The Kier molecular flexibility index (Phi) is 5.02. The average molecular weight is 302 g/mol. The van der Waals surface area contributed by atoms with Gasteiger partial charge in [-0.05, 0) is 38.4 Å². The molecule has 6 heteroatoms. The van der Waals surface area contributed by atoms with Crippen molar-refractivity contribution in [1.29, 1.82) is 5.26 Å². The summed E-state index contributed by atoms with van der Waals surface area (Å²) in [6, 6.07) is 8.61. The summed E-state index contributed by atoms with van der Waals surface area (Å²) in [6.45, 7) is 0.282. The molecule has 1 N–H and O–H groups in total. The molecule has 22 heavy (non-hydrogen) atoms. The summed E-state index contributed by atoms with van der Waals surface area (Å²) in [4.78, 5) is 5.81. The molecule has 0 aliphatic carbocycles. The van der Waals surface area contributed by atoms with E-state index < -0.39 is 17.7 Å². The summed E-state index contributed by atoms with van der Waals surface area (Å²) >= 11 is 0. The SMILES string of the molecule is CN(C)C(CNc1ccc(C#N)cn1)c1c(F)cccc1F. The van der Waals surface area contributed by atoms with Crippen LogP contribution in [0.4, 0.5) is 14.6 Å². The Morgan fingerprint density at radius 1 is 1.23 bits per heavy atom. The molecular weight excluding hydrogens is 286 g/mol. The monoisotopic (exact) mass is 302 g/mol. The van der Waals surface area contributed by atoms with Crippen LogP contribution in [0.2, 0.25) is 0 Å². The lowest BCUT2D eigenvalue weighted by atomic mass is 10.0. The molecule has 2 aromatic rings. The van der Waals surface area contributed by atoms with Crippen LogP contribution >= 0.6 is 0 Å². The van der Waals surface area contributed by atoms with E-state index in [0.717, 1.165) is 0 Å². The van der Waals surface area contributed by atoms with Crippen LogP contribution in [0.1, 0.15) is 17.2 Å². The van der Waals surface area contributed by atoms with Gasteiger partial charge in [0.2, 0.25) is 0 Å². The molecule has 2 rings (SSSR count). The number of likely N-dealkylation sites (N-methyl/N-ethyl adjacent to an activating group) is 1. The zero-order chi connectivity index (χ0) is 16.1. The molecule has 0 amide bonds. The summed E-state index contributed by atoms with van der Waals surface area (Å²) in [5, 5.41) is 11.8. The number of halogens is 2. The van der Waals surface area contributed by atoms with Gasteiger partial charge in [0.1, 0.15) is 23.5 Å². The maximum Gasteiger partial charge on any atom is 0.130 e. The van der Waals surface area contributed by atoms with Crippen LogP contribution in [-0.2, 0) is 0 Å². The molecule has 1 atom stereocenters. The van der Waals surface area contributed by atoms with E-state index in [9.17, 15) is 8.78 Å². The molecule has 0 fully saturated rings. The summed E-state index contributed by atoms with van der Waals surface area (Å²) < 4.78 is 27.9. The second-order valence-corrected chi connectivity index (χ2v) is 5.04. The Morgan fingerprint density at radius 2 is 1.91 bits per heavy atom. The molecule has 0 aliphatic heterocycles. The topological polar surface area (TPSA) is 52.0 Å². The molecule has 0 aliphatic rings. The van der Waals surface area contributed by atoms with E-state index in [2.05, 4.69) is 10.3 Å². The number of nitrogens with one attached hydrogen (secondary N) is 1. The zero-order valence-electron chi connectivity index (χ0n) is 12.3. The van der Waals surface area contributed by atoms with Crippen molar-refractivity contribution in [3.63, 3.8) is 0 Å². The van der Waals surface area contributed by atoms with Crippen LogP contribution in [0.15, 0.2) is 36.5 Å². The second kappa shape index (κ2) is 6.96. The number of benzene rings is 1. The fourth-order valence-electron chi connectivity index (χ4n) is 2.14. The quantitative estimate of drug-likeness (QED) is 0.922. The van der Waals surface area contributed by atoms with Crippen molar-refractivity contribution in [2.75, 3.05) is 26.0 Å². The Hall–Kier alpha value is -2.52. The van der Waals surface area contributed by atoms with Gasteiger partial charge in [0, 0.05) is 18.3 Å². The molecule has 1 aromatic carbocycles. The highest BCUT2D eigenvalue weighted by atomic mass is 19.1. The van der Waals surface area contributed by atoms with E-state index >= 15 is 0 Å². The highest BCUT2D eigenvalue weighted by Gasteiger charge is 2.22. The van der Waals surface area contributed by atoms with E-state index in [1.54, 1.807) is 31.1 Å². The number of aromatic nitrogens is 1. The van der Waals surface area contributed by atoms with Crippen LogP contribution in [0.25, 0.3) is 0 Å². The van der Waals surface area contributed by atoms with Gasteiger partial charge in [-0.1, -0.05) is 6.07 Å². The van der Waals surface area contributed by atoms with Gasteiger partial charge in [0.25, 0.3) is 0 Å². The molecule has 1 heterocycles. The molecule has 0 bridgehead atoms. The van der Waals surface area contributed by atoms with Gasteiger partial charge >= 0.3 is 0 Å². The van der Waals surface area contributed by atoms with Crippen LogP contribution in [0.5, 0.6) is 0 Å². The van der Waals surface area contributed by atoms with Crippen LogP contribution in [-0.4, -0.2) is 30.5 Å². The van der Waals surface area contributed by atoms with E-state index in [1.807, 2.05) is 6.07 Å². The van der Waals surface area contributed by atoms with Crippen molar-refractivity contribution >= 4 is 5.82 Å². The molecular formula is C16H16F2N4. The zero-order valence-corrected chi connectivity index (χ0v) is 12.3. The number of anilines is 1. The van der Waals surface area contributed by atoms with Crippen LogP contribution in [0, 0.1) is 23.0 Å². The van der Waals surface area contributed by atoms with E-state index in [1.165, 1.54) is 24.4 Å². The summed E-state index contributed by atoms with van der Waals surface area (Å²) in [7, 11) is 3.51. The van der Waals surface area contributed by atoms with Gasteiger partial charge in [0.05, 0.1) is 11.6 Å². The molecule has 0 radical (unpaired) electrons. The fraction of sp³-hybridized carbons (Fsp3) is 0.250. The first-order valence-corrected chi connectivity index (χ1v) is 6.73. The van der Waals surface area contributed by atoms with Gasteiger partial charge in [-0.15, -0.1) is 0 Å². The second-order valence-electron chi connectivity index (χ2n) is 5.04. The lowest BCUT2D eigenvalue weighted by Gasteiger charge is -2.26. The Bertz CT molecular complexity index is 657. The summed E-state index contributed by atoms with van der Waals surface area (Å²) in [5.74, 6) is -0.607. The minimum Gasteiger partial charge on any atom is -0.368 e. The largest absolute Gasteiger partial charge is 0.368 e. The average Bonchev–Trinajstić information content (AvgIpc) is 2.50. The van der Waals surface area contributed by atoms with Crippen molar-refractivity contribution in [2.45, 2.75) is 6.04 Å². The minimum atomic E-state index is -0.576. The van der Waals surface area contributed by atoms with E-state index in [4.69, 9.17) is 5.26 Å². The number of nitriles is 1. The molecule has 1 aromatic heterocycles. The molecule has 1 unspecified atom stereocenters. The third-order valence-corrected chi connectivity index (χ3v) is 3.33. The maximum atomic E-state index is 13.9.